The second-order valence-corrected chi connectivity index (χ2v) is 6.57. The quantitative estimate of drug-likeness (QED) is 0.891. The SMILES string of the molecule is CC(C)c1ncc(Cl)c(C(=O)N2CCCC[C@H]2CCC(=O)O)n1. The molecule has 126 valence electrons. The molecule has 0 unspecified atom stereocenters. The number of carboxylic acids is 1. The normalized spacial score (nSPS) is 18.3. The Kier molecular flexibility index (Phi) is 5.93. The van der Waals surface area contributed by atoms with E-state index in [0.29, 0.717) is 18.8 Å². The van der Waals surface area contributed by atoms with Crippen molar-refractivity contribution in [3.05, 3.63) is 22.7 Å². The highest BCUT2D eigenvalue weighted by molar-refractivity contribution is 6.33. The highest BCUT2D eigenvalue weighted by Crippen LogP contribution is 2.25. The second kappa shape index (κ2) is 7.73. The fourth-order valence-corrected chi connectivity index (χ4v) is 2.97. The van der Waals surface area contributed by atoms with Crippen molar-refractivity contribution < 1.29 is 14.7 Å². The predicted octanol–water partition coefficient (Wildman–Crippen LogP) is 3.11. The van der Waals surface area contributed by atoms with Crippen LogP contribution in [-0.4, -0.2) is 44.4 Å². The van der Waals surface area contributed by atoms with E-state index in [4.69, 9.17) is 16.7 Å². The van der Waals surface area contributed by atoms with Gasteiger partial charge in [-0.25, -0.2) is 9.97 Å². The molecule has 0 bridgehead atoms. The van der Waals surface area contributed by atoms with Crippen LogP contribution < -0.4 is 0 Å². The van der Waals surface area contributed by atoms with E-state index >= 15 is 0 Å². The van der Waals surface area contributed by atoms with Gasteiger partial charge in [0.25, 0.3) is 5.91 Å². The van der Waals surface area contributed by atoms with Gasteiger partial charge in [-0.2, -0.15) is 0 Å². The number of aliphatic carboxylic acids is 1. The molecule has 1 aromatic rings. The van der Waals surface area contributed by atoms with Crippen molar-refractivity contribution in [2.75, 3.05) is 6.54 Å². The van der Waals surface area contributed by atoms with Gasteiger partial charge in [0, 0.05) is 24.9 Å². The summed E-state index contributed by atoms with van der Waals surface area (Å²) < 4.78 is 0. The summed E-state index contributed by atoms with van der Waals surface area (Å²) in [5.41, 5.74) is 0.215. The van der Waals surface area contributed by atoms with E-state index in [-0.39, 0.29) is 35.0 Å². The van der Waals surface area contributed by atoms with Crippen LogP contribution >= 0.6 is 11.6 Å². The van der Waals surface area contributed by atoms with Crippen LogP contribution in [0.2, 0.25) is 5.02 Å². The highest BCUT2D eigenvalue weighted by Gasteiger charge is 2.30. The standard InChI is InChI=1S/C16H22ClN3O3/c1-10(2)15-18-9-12(17)14(19-15)16(23)20-8-4-3-5-11(20)6-7-13(21)22/h9-11H,3-8H2,1-2H3,(H,21,22)/t11-/m0/s1. The third-order valence-electron chi connectivity index (χ3n) is 4.06. The molecule has 0 aromatic carbocycles. The monoisotopic (exact) mass is 339 g/mol. The number of likely N-dealkylation sites (tertiary alicyclic amines) is 1. The minimum Gasteiger partial charge on any atom is -0.481 e. The maximum absolute atomic E-state index is 12.9. The van der Waals surface area contributed by atoms with Gasteiger partial charge in [0.05, 0.1) is 11.2 Å². The maximum Gasteiger partial charge on any atom is 0.303 e. The van der Waals surface area contributed by atoms with Crippen LogP contribution in [-0.2, 0) is 4.79 Å². The minimum absolute atomic E-state index is 0.0587. The molecular weight excluding hydrogens is 318 g/mol. The van der Waals surface area contributed by atoms with E-state index in [1.54, 1.807) is 4.90 Å². The number of nitrogens with zero attached hydrogens (tertiary/aromatic N) is 3. The first-order valence-corrected chi connectivity index (χ1v) is 8.33. The molecule has 7 heteroatoms. The molecule has 1 atom stereocenters. The Labute approximate surface area is 140 Å². The molecule has 1 amide bonds. The average molecular weight is 340 g/mol. The first kappa shape index (κ1) is 17.7. The summed E-state index contributed by atoms with van der Waals surface area (Å²) in [5.74, 6) is -0.389. The van der Waals surface area contributed by atoms with Crippen molar-refractivity contribution in [1.82, 2.24) is 14.9 Å². The predicted molar refractivity (Wildman–Crippen MR) is 86.7 cm³/mol. The van der Waals surface area contributed by atoms with Gasteiger partial charge in [-0.1, -0.05) is 25.4 Å². The largest absolute Gasteiger partial charge is 0.481 e. The van der Waals surface area contributed by atoms with Crippen LogP contribution in [0.5, 0.6) is 0 Å². The molecule has 23 heavy (non-hydrogen) atoms. The third-order valence-corrected chi connectivity index (χ3v) is 4.34. The molecule has 1 aliphatic heterocycles. The van der Waals surface area contributed by atoms with Crippen LogP contribution in [0.15, 0.2) is 6.20 Å². The number of rotatable bonds is 5. The van der Waals surface area contributed by atoms with Gasteiger partial charge < -0.3 is 10.0 Å². The van der Waals surface area contributed by atoms with Crippen molar-refractivity contribution >= 4 is 23.5 Å². The van der Waals surface area contributed by atoms with Gasteiger partial charge in [-0.3, -0.25) is 9.59 Å². The summed E-state index contributed by atoms with van der Waals surface area (Å²) in [4.78, 5) is 33.9. The lowest BCUT2D eigenvalue weighted by Crippen LogP contribution is -2.44. The highest BCUT2D eigenvalue weighted by atomic mass is 35.5. The number of piperidine rings is 1. The second-order valence-electron chi connectivity index (χ2n) is 6.16. The van der Waals surface area contributed by atoms with Crippen LogP contribution in [0.25, 0.3) is 0 Å². The Morgan fingerprint density at radius 1 is 1.43 bits per heavy atom. The molecule has 1 fully saturated rings. The van der Waals surface area contributed by atoms with Gasteiger partial charge in [0.15, 0.2) is 5.69 Å². The average Bonchev–Trinajstić information content (AvgIpc) is 2.52. The van der Waals surface area contributed by atoms with Crippen LogP contribution in [0.1, 0.15) is 68.2 Å². The van der Waals surface area contributed by atoms with Crippen LogP contribution in [0, 0.1) is 0 Å². The molecule has 0 saturated carbocycles. The number of hydrogen-bond acceptors (Lipinski definition) is 4. The van der Waals surface area contributed by atoms with Gasteiger partial charge >= 0.3 is 5.97 Å². The lowest BCUT2D eigenvalue weighted by molar-refractivity contribution is -0.137. The number of aromatic nitrogens is 2. The molecule has 1 saturated heterocycles. The number of carbonyl (C=O) groups excluding carboxylic acids is 1. The summed E-state index contributed by atoms with van der Waals surface area (Å²) in [6.45, 7) is 4.52. The van der Waals surface area contributed by atoms with Gasteiger partial charge in [-0.05, 0) is 25.7 Å². The summed E-state index contributed by atoms with van der Waals surface area (Å²) in [7, 11) is 0. The smallest absolute Gasteiger partial charge is 0.303 e. The number of hydrogen-bond donors (Lipinski definition) is 1. The molecule has 2 heterocycles. The lowest BCUT2D eigenvalue weighted by atomic mass is 9.97. The topological polar surface area (TPSA) is 83.4 Å². The molecule has 0 radical (unpaired) electrons. The first-order valence-electron chi connectivity index (χ1n) is 7.95. The zero-order valence-electron chi connectivity index (χ0n) is 13.5. The summed E-state index contributed by atoms with van der Waals surface area (Å²) in [6, 6.07) is -0.0686. The summed E-state index contributed by atoms with van der Waals surface area (Å²) in [5, 5.41) is 9.12. The van der Waals surface area contributed by atoms with Crippen LogP contribution in [0.4, 0.5) is 0 Å². The Morgan fingerprint density at radius 3 is 2.83 bits per heavy atom. The lowest BCUT2D eigenvalue weighted by Gasteiger charge is -2.35. The number of amides is 1. The fourth-order valence-electron chi connectivity index (χ4n) is 2.80. The van der Waals surface area contributed by atoms with Crippen molar-refractivity contribution in [3.8, 4) is 0 Å². The van der Waals surface area contributed by atoms with E-state index < -0.39 is 5.97 Å². The zero-order valence-corrected chi connectivity index (χ0v) is 14.2. The van der Waals surface area contributed by atoms with Gasteiger partial charge in [-0.15, -0.1) is 0 Å². The molecule has 1 N–H and O–H groups in total. The van der Waals surface area contributed by atoms with E-state index in [1.807, 2.05) is 13.8 Å². The van der Waals surface area contributed by atoms with Gasteiger partial charge in [0.2, 0.25) is 0 Å². The third kappa shape index (κ3) is 4.41. The maximum atomic E-state index is 12.9. The molecule has 0 aliphatic carbocycles. The van der Waals surface area contributed by atoms with Crippen molar-refractivity contribution in [2.45, 2.75) is 57.9 Å². The fraction of sp³-hybridized carbons (Fsp3) is 0.625. The number of halogens is 1. The van der Waals surface area contributed by atoms with E-state index in [2.05, 4.69) is 9.97 Å². The van der Waals surface area contributed by atoms with Crippen molar-refractivity contribution in [3.63, 3.8) is 0 Å². The molecule has 1 aliphatic rings. The van der Waals surface area contributed by atoms with E-state index in [1.165, 1.54) is 6.20 Å². The molecule has 1 aromatic heterocycles. The van der Waals surface area contributed by atoms with Crippen molar-refractivity contribution in [1.29, 1.82) is 0 Å². The minimum atomic E-state index is -0.842. The zero-order chi connectivity index (χ0) is 17.0. The molecule has 0 spiro atoms. The Hall–Kier alpha value is -1.69. The molecule has 6 nitrogen and oxygen atoms in total. The molecular formula is C16H22ClN3O3. The summed E-state index contributed by atoms with van der Waals surface area (Å²) >= 11 is 6.12. The molecule has 2 rings (SSSR count). The number of carbonyl (C=O) groups is 2. The van der Waals surface area contributed by atoms with E-state index in [9.17, 15) is 9.59 Å². The Bertz CT molecular complexity index is 592. The van der Waals surface area contributed by atoms with Crippen LogP contribution in [0.3, 0.4) is 0 Å². The Balaban J connectivity index is 2.22. The number of carboxylic acid groups (broad SMARTS) is 1. The first-order chi connectivity index (χ1) is 10.9. The summed E-state index contributed by atoms with van der Waals surface area (Å²) in [6.07, 6.45) is 4.72. The van der Waals surface area contributed by atoms with E-state index in [0.717, 1.165) is 19.3 Å². The Morgan fingerprint density at radius 2 is 2.17 bits per heavy atom. The van der Waals surface area contributed by atoms with Gasteiger partial charge in [0.1, 0.15) is 5.82 Å². The van der Waals surface area contributed by atoms with Crippen molar-refractivity contribution in [2.24, 2.45) is 0 Å².